The number of halogens is 2. The van der Waals surface area contributed by atoms with E-state index in [2.05, 4.69) is 69.2 Å². The molecule has 0 saturated heterocycles. The quantitative estimate of drug-likeness (QED) is 0.399. The van der Waals surface area contributed by atoms with Crippen molar-refractivity contribution in [3.8, 4) is 0 Å². The average molecular weight is 437 g/mol. The van der Waals surface area contributed by atoms with Crippen LogP contribution in [0, 0.1) is 69.2 Å². The van der Waals surface area contributed by atoms with Gasteiger partial charge in [0.15, 0.2) is 0 Å². The molecule has 0 fully saturated rings. The Morgan fingerprint density at radius 2 is 0.542 bits per heavy atom. The van der Waals surface area contributed by atoms with Gasteiger partial charge in [-0.15, -0.1) is 0 Å². The van der Waals surface area contributed by atoms with Crippen LogP contribution in [0.25, 0.3) is 0 Å². The van der Waals surface area contributed by atoms with Gasteiger partial charge in [0.25, 0.3) is 0 Å². The van der Waals surface area contributed by atoms with Gasteiger partial charge >= 0.3 is 43.4 Å². The fourth-order valence-corrected chi connectivity index (χ4v) is 2.81. The Kier molecular flexibility index (Phi) is 17.5. The average Bonchev–Trinajstić information content (AvgIpc) is 2.71. The van der Waals surface area contributed by atoms with Crippen LogP contribution < -0.4 is 24.8 Å². The van der Waals surface area contributed by atoms with Crippen molar-refractivity contribution in [3.63, 3.8) is 0 Å². The molecule has 0 heterocycles. The molecule has 2 rings (SSSR count). The summed E-state index contributed by atoms with van der Waals surface area (Å²) < 4.78 is 0. The minimum Gasteiger partial charge on any atom is -1.00 e. The van der Waals surface area contributed by atoms with Crippen molar-refractivity contribution in [3.05, 3.63) is 55.6 Å². The first kappa shape index (κ1) is 32.4. The molecule has 0 aliphatic heterocycles. The van der Waals surface area contributed by atoms with Crippen LogP contribution in [-0.2, 0) is 43.4 Å². The maximum Gasteiger partial charge on any atom is 4.00 e. The molecule has 0 nitrogen and oxygen atoms in total. The summed E-state index contributed by atoms with van der Waals surface area (Å²) in [6.45, 7) is 22.0. The molecule has 0 spiro atoms. The van der Waals surface area contributed by atoms with Gasteiger partial charge < -0.3 is 24.8 Å². The van der Waals surface area contributed by atoms with Crippen LogP contribution in [0.5, 0.6) is 0 Å². The summed E-state index contributed by atoms with van der Waals surface area (Å²) in [4.78, 5) is 0. The Balaban J connectivity index is -0.000000143. The molecule has 0 atom stereocenters. The molecule has 0 radical (unpaired) electrons. The van der Waals surface area contributed by atoms with Gasteiger partial charge in [-0.1, -0.05) is 69.2 Å². The SMILES string of the molecule is Cc1c(C)c(C)[c-](C)c1C.Cc1c(C)c(C)[c-](C)c1C.[Cl-].[Cl-].[Ti+4].[Ti+4]. The Bertz CT molecular complexity index is 418. The van der Waals surface area contributed by atoms with Crippen LogP contribution in [0.4, 0.5) is 0 Å². The molecule has 2 aromatic rings. The molecule has 0 N–H and O–H groups in total. The predicted molar refractivity (Wildman–Crippen MR) is 91.4 cm³/mol. The maximum atomic E-state index is 2.20. The minimum atomic E-state index is 0. The van der Waals surface area contributed by atoms with Crippen molar-refractivity contribution in [1.29, 1.82) is 0 Å². The van der Waals surface area contributed by atoms with Gasteiger partial charge in [-0.2, -0.15) is 55.6 Å². The summed E-state index contributed by atoms with van der Waals surface area (Å²) in [5.41, 5.74) is 14.7. The summed E-state index contributed by atoms with van der Waals surface area (Å²) in [7, 11) is 0. The van der Waals surface area contributed by atoms with Crippen LogP contribution >= 0.6 is 0 Å². The number of hydrogen-bond acceptors (Lipinski definition) is 0. The van der Waals surface area contributed by atoms with Crippen LogP contribution in [-0.4, -0.2) is 0 Å². The molecule has 0 bridgehead atoms. The summed E-state index contributed by atoms with van der Waals surface area (Å²) >= 11 is 0. The third-order valence-electron chi connectivity index (χ3n) is 5.62. The van der Waals surface area contributed by atoms with Gasteiger partial charge in [0.2, 0.25) is 0 Å². The van der Waals surface area contributed by atoms with Gasteiger partial charge in [-0.3, -0.25) is 0 Å². The zero-order valence-corrected chi connectivity index (χ0v) is 21.4. The third-order valence-corrected chi connectivity index (χ3v) is 5.62. The van der Waals surface area contributed by atoms with E-state index in [0.717, 1.165) is 0 Å². The number of rotatable bonds is 0. The van der Waals surface area contributed by atoms with Crippen LogP contribution in [0.3, 0.4) is 0 Å². The van der Waals surface area contributed by atoms with E-state index in [9.17, 15) is 0 Å². The molecular weight excluding hydrogens is 407 g/mol. The molecule has 0 aliphatic carbocycles. The van der Waals surface area contributed by atoms with Crippen molar-refractivity contribution < 1.29 is 68.2 Å². The fraction of sp³-hybridized carbons (Fsp3) is 0.500. The normalized spacial score (nSPS) is 8.75. The molecule has 0 aromatic heterocycles. The standard InChI is InChI=1S/2C10H15.2ClH.2Ti/c2*1-6-7(2)9(4)10(5)8(6)3;;;;/h2*1-5H3;2*1H;;/q2*-1;;;2*+4/p-2. The van der Waals surface area contributed by atoms with Crippen molar-refractivity contribution in [1.82, 2.24) is 0 Å². The molecule has 128 valence electrons. The van der Waals surface area contributed by atoms with E-state index in [1.807, 2.05) is 0 Å². The molecule has 0 unspecified atom stereocenters. The second kappa shape index (κ2) is 13.0. The van der Waals surface area contributed by atoms with E-state index in [1.165, 1.54) is 55.6 Å². The van der Waals surface area contributed by atoms with E-state index in [1.54, 1.807) is 0 Å². The van der Waals surface area contributed by atoms with Gasteiger partial charge in [0.05, 0.1) is 0 Å². The van der Waals surface area contributed by atoms with E-state index in [0.29, 0.717) is 0 Å². The van der Waals surface area contributed by atoms with Crippen molar-refractivity contribution in [2.24, 2.45) is 0 Å². The first-order chi connectivity index (χ1) is 9.11. The predicted octanol–water partition coefficient (Wildman–Crippen LogP) is -0.102. The summed E-state index contributed by atoms with van der Waals surface area (Å²) in [6.07, 6.45) is 0. The smallest absolute Gasteiger partial charge is 1.00 e. The van der Waals surface area contributed by atoms with Crippen molar-refractivity contribution in [2.75, 3.05) is 0 Å². The molecular formula is C20H30Cl2Ti2+4. The minimum absolute atomic E-state index is 0. The second-order valence-electron chi connectivity index (χ2n) is 6.25. The largest absolute Gasteiger partial charge is 4.00 e. The van der Waals surface area contributed by atoms with Gasteiger partial charge in [0, 0.05) is 0 Å². The molecule has 24 heavy (non-hydrogen) atoms. The van der Waals surface area contributed by atoms with E-state index < -0.39 is 0 Å². The monoisotopic (exact) mass is 436 g/mol. The Hall–Kier alpha value is 0.709. The Morgan fingerprint density at radius 3 is 0.583 bits per heavy atom. The first-order valence-corrected chi connectivity index (χ1v) is 7.50. The number of hydrogen-bond donors (Lipinski definition) is 0. The Labute approximate surface area is 191 Å². The molecule has 0 saturated carbocycles. The summed E-state index contributed by atoms with van der Waals surface area (Å²) in [6, 6.07) is 0. The Morgan fingerprint density at radius 1 is 0.417 bits per heavy atom. The second-order valence-corrected chi connectivity index (χ2v) is 6.25. The third kappa shape index (κ3) is 6.46. The summed E-state index contributed by atoms with van der Waals surface area (Å²) in [5.74, 6) is 0. The zero-order valence-electron chi connectivity index (χ0n) is 16.8. The van der Waals surface area contributed by atoms with E-state index in [4.69, 9.17) is 0 Å². The van der Waals surface area contributed by atoms with Gasteiger partial charge in [0.1, 0.15) is 0 Å². The van der Waals surface area contributed by atoms with Gasteiger partial charge in [-0.25, -0.2) is 0 Å². The van der Waals surface area contributed by atoms with Crippen LogP contribution in [0.15, 0.2) is 0 Å². The van der Waals surface area contributed by atoms with E-state index in [-0.39, 0.29) is 68.2 Å². The topological polar surface area (TPSA) is 0 Å². The first-order valence-electron chi connectivity index (χ1n) is 7.50. The molecule has 4 heteroatoms. The van der Waals surface area contributed by atoms with Gasteiger partial charge in [-0.05, 0) is 0 Å². The zero-order chi connectivity index (χ0) is 15.8. The fourth-order valence-electron chi connectivity index (χ4n) is 2.81. The summed E-state index contributed by atoms with van der Waals surface area (Å²) in [5, 5.41) is 0. The molecule has 2 aromatic carbocycles. The van der Waals surface area contributed by atoms with E-state index >= 15 is 0 Å². The maximum absolute atomic E-state index is 2.20. The molecule has 0 aliphatic rings. The van der Waals surface area contributed by atoms with Crippen molar-refractivity contribution in [2.45, 2.75) is 69.2 Å². The van der Waals surface area contributed by atoms with Crippen LogP contribution in [0.1, 0.15) is 55.6 Å². The molecule has 0 amide bonds. The van der Waals surface area contributed by atoms with Crippen LogP contribution in [0.2, 0.25) is 0 Å². The van der Waals surface area contributed by atoms with Crippen molar-refractivity contribution >= 4 is 0 Å².